The Labute approximate surface area is 197 Å². The number of rotatable bonds is 9. The van der Waals surface area contributed by atoms with Gasteiger partial charge in [0.2, 0.25) is 10.0 Å². The molecule has 1 fully saturated rings. The molecular weight excluding hydrogens is 460 g/mol. The number of anilines is 1. The van der Waals surface area contributed by atoms with E-state index in [0.29, 0.717) is 36.7 Å². The number of amides is 2. The van der Waals surface area contributed by atoms with Gasteiger partial charge in [0.25, 0.3) is 0 Å². The van der Waals surface area contributed by atoms with Gasteiger partial charge >= 0.3 is 6.03 Å². The number of nitrogens with one attached hydrogen (secondary N) is 2. The zero-order valence-corrected chi connectivity index (χ0v) is 22.0. The number of nitrogens with zero attached hydrogens (tertiary/aromatic N) is 4. The van der Waals surface area contributed by atoms with E-state index in [1.165, 1.54) is 10.5 Å². The zero-order chi connectivity index (χ0) is 24.2. The normalized spacial score (nSPS) is 18.1. The standard InChI is InChI=1S/C21H36N6O4SSi/c1-16(2)32(29,30)27-9-6-7-17(14-27)23-21(28)25-19-13-22-20-18(24-19)8-10-26(20)15-31-11-12-33(3,4)5/h8,10,13,16-17H,6-7,9,11-12,14-15H2,1-5H3,(H2,23,24,25,28). The quantitative estimate of drug-likeness (QED) is 0.407. The molecule has 1 saturated heterocycles. The fourth-order valence-electron chi connectivity index (χ4n) is 3.59. The summed E-state index contributed by atoms with van der Waals surface area (Å²) in [4.78, 5) is 21.4. The minimum absolute atomic E-state index is 0.252. The largest absolute Gasteiger partial charge is 0.361 e. The van der Waals surface area contributed by atoms with Crippen LogP contribution in [0.3, 0.4) is 0 Å². The van der Waals surface area contributed by atoms with E-state index in [1.807, 2.05) is 16.8 Å². The first kappa shape index (κ1) is 25.6. The summed E-state index contributed by atoms with van der Waals surface area (Å²) in [5.41, 5.74) is 1.35. The summed E-state index contributed by atoms with van der Waals surface area (Å²) in [5.74, 6) is 0.333. The Kier molecular flexibility index (Phi) is 8.14. The molecule has 1 aliphatic heterocycles. The van der Waals surface area contributed by atoms with Crippen molar-refractivity contribution < 1.29 is 17.9 Å². The van der Waals surface area contributed by atoms with Crippen LogP contribution in [0.1, 0.15) is 26.7 Å². The fourth-order valence-corrected chi connectivity index (χ4v) is 5.72. The SMILES string of the molecule is CC(C)S(=O)(=O)N1CCCC(NC(=O)Nc2cnc3c(ccn3COCC[Si](C)(C)C)n2)C1. The molecular formula is C21H36N6O4SSi. The zero-order valence-electron chi connectivity index (χ0n) is 20.2. The Balaban J connectivity index is 1.55. The van der Waals surface area contributed by atoms with Gasteiger partial charge in [-0.05, 0) is 38.8 Å². The Morgan fingerprint density at radius 2 is 2.09 bits per heavy atom. The van der Waals surface area contributed by atoms with Gasteiger partial charge in [-0.3, -0.25) is 5.32 Å². The molecule has 12 heteroatoms. The highest BCUT2D eigenvalue weighted by atomic mass is 32.2. The number of piperidine rings is 1. The molecule has 1 aliphatic rings. The van der Waals surface area contributed by atoms with Crippen LogP contribution < -0.4 is 10.6 Å². The van der Waals surface area contributed by atoms with Crippen molar-refractivity contribution in [1.29, 1.82) is 0 Å². The van der Waals surface area contributed by atoms with Crippen molar-refractivity contribution in [3.63, 3.8) is 0 Å². The maximum Gasteiger partial charge on any atom is 0.320 e. The molecule has 0 spiro atoms. The van der Waals surface area contributed by atoms with Gasteiger partial charge in [0.1, 0.15) is 12.2 Å². The second kappa shape index (κ2) is 10.5. The summed E-state index contributed by atoms with van der Waals surface area (Å²) < 4.78 is 34.0. The highest BCUT2D eigenvalue weighted by Gasteiger charge is 2.31. The van der Waals surface area contributed by atoms with Crippen molar-refractivity contribution in [2.45, 2.75) is 70.4 Å². The van der Waals surface area contributed by atoms with Crippen molar-refractivity contribution in [1.82, 2.24) is 24.2 Å². The number of fused-ring (bicyclic) bond motifs is 1. The van der Waals surface area contributed by atoms with Crippen LogP contribution >= 0.6 is 0 Å². The minimum atomic E-state index is -3.34. The van der Waals surface area contributed by atoms with E-state index >= 15 is 0 Å². The average molecular weight is 497 g/mol. The number of urea groups is 1. The minimum Gasteiger partial charge on any atom is -0.361 e. The molecule has 0 aromatic carbocycles. The van der Waals surface area contributed by atoms with Gasteiger partial charge in [0, 0.05) is 40.0 Å². The van der Waals surface area contributed by atoms with Gasteiger partial charge in [0.05, 0.1) is 11.4 Å². The Bertz CT molecular complexity index is 1070. The first-order chi connectivity index (χ1) is 15.5. The number of sulfonamides is 1. The topological polar surface area (TPSA) is 118 Å². The summed E-state index contributed by atoms with van der Waals surface area (Å²) in [6.07, 6.45) is 4.81. The van der Waals surface area contributed by atoms with Crippen LogP contribution in [0.4, 0.5) is 10.6 Å². The van der Waals surface area contributed by atoms with Crippen molar-refractivity contribution in [2.75, 3.05) is 25.0 Å². The first-order valence-corrected chi connectivity index (χ1v) is 16.6. The summed E-state index contributed by atoms with van der Waals surface area (Å²) in [6.45, 7) is 12.2. The molecule has 2 aromatic rings. The monoisotopic (exact) mass is 496 g/mol. The average Bonchev–Trinajstić information content (AvgIpc) is 3.12. The summed E-state index contributed by atoms with van der Waals surface area (Å²) in [6, 6.07) is 2.26. The first-order valence-electron chi connectivity index (χ1n) is 11.4. The molecule has 2 N–H and O–H groups in total. The number of ether oxygens (including phenoxy) is 1. The van der Waals surface area contributed by atoms with Gasteiger partial charge in [0.15, 0.2) is 11.5 Å². The lowest BCUT2D eigenvalue weighted by Crippen LogP contribution is -2.51. The van der Waals surface area contributed by atoms with E-state index in [1.54, 1.807) is 13.8 Å². The molecule has 0 aliphatic carbocycles. The number of hydrogen-bond acceptors (Lipinski definition) is 6. The van der Waals surface area contributed by atoms with Gasteiger partial charge in [-0.15, -0.1) is 0 Å². The van der Waals surface area contributed by atoms with Gasteiger partial charge in [-0.2, -0.15) is 4.31 Å². The van der Waals surface area contributed by atoms with Crippen molar-refractivity contribution in [3.8, 4) is 0 Å². The summed E-state index contributed by atoms with van der Waals surface area (Å²) in [5, 5.41) is 5.09. The van der Waals surface area contributed by atoms with Crippen molar-refractivity contribution in [2.24, 2.45) is 0 Å². The van der Waals surface area contributed by atoms with E-state index in [9.17, 15) is 13.2 Å². The Hall–Kier alpha value is -2.02. The van der Waals surface area contributed by atoms with Gasteiger partial charge in [-0.1, -0.05) is 19.6 Å². The molecule has 2 amide bonds. The summed E-state index contributed by atoms with van der Waals surface area (Å²) >= 11 is 0. The number of hydrogen-bond donors (Lipinski definition) is 2. The van der Waals surface area contributed by atoms with Gasteiger partial charge in [-0.25, -0.2) is 23.2 Å². The molecule has 0 saturated carbocycles. The molecule has 3 rings (SSSR count). The maximum absolute atomic E-state index is 12.5. The van der Waals surface area contributed by atoms with Crippen molar-refractivity contribution in [3.05, 3.63) is 18.5 Å². The van der Waals surface area contributed by atoms with Crippen LogP contribution in [0.15, 0.2) is 18.5 Å². The third-order valence-electron chi connectivity index (χ3n) is 5.61. The molecule has 0 bridgehead atoms. The third kappa shape index (κ3) is 6.98. The third-order valence-corrected chi connectivity index (χ3v) is 9.55. The Morgan fingerprint density at radius 3 is 2.79 bits per heavy atom. The maximum atomic E-state index is 12.5. The van der Waals surface area contributed by atoms with Crippen LogP contribution in [0.25, 0.3) is 11.2 Å². The van der Waals surface area contributed by atoms with E-state index < -0.39 is 29.4 Å². The van der Waals surface area contributed by atoms with Crippen LogP contribution in [0.5, 0.6) is 0 Å². The van der Waals surface area contributed by atoms with E-state index in [2.05, 4.69) is 40.2 Å². The number of aromatic nitrogens is 3. The van der Waals surface area contributed by atoms with E-state index in [-0.39, 0.29) is 12.6 Å². The van der Waals surface area contributed by atoms with Gasteiger partial charge < -0.3 is 14.6 Å². The van der Waals surface area contributed by atoms with E-state index in [0.717, 1.165) is 19.1 Å². The lowest BCUT2D eigenvalue weighted by atomic mass is 10.1. The fraction of sp³-hybridized carbons (Fsp3) is 0.667. The molecule has 1 unspecified atom stereocenters. The molecule has 33 heavy (non-hydrogen) atoms. The number of carbonyl (C=O) groups is 1. The molecule has 184 valence electrons. The smallest absolute Gasteiger partial charge is 0.320 e. The Morgan fingerprint density at radius 1 is 1.33 bits per heavy atom. The van der Waals surface area contributed by atoms with Crippen LogP contribution in [-0.2, 0) is 21.5 Å². The summed E-state index contributed by atoms with van der Waals surface area (Å²) in [7, 11) is -4.47. The molecule has 1 atom stereocenters. The molecule has 3 heterocycles. The highest BCUT2D eigenvalue weighted by molar-refractivity contribution is 7.89. The predicted molar refractivity (Wildman–Crippen MR) is 132 cm³/mol. The second-order valence-electron chi connectivity index (χ2n) is 9.99. The molecule has 0 radical (unpaired) electrons. The lowest BCUT2D eigenvalue weighted by molar-refractivity contribution is 0.0899. The van der Waals surface area contributed by atoms with Crippen molar-refractivity contribution >= 4 is 41.1 Å². The van der Waals surface area contributed by atoms with Crippen LogP contribution in [0, 0.1) is 0 Å². The van der Waals surface area contributed by atoms with Crippen LogP contribution in [0.2, 0.25) is 25.7 Å². The highest BCUT2D eigenvalue weighted by Crippen LogP contribution is 2.18. The predicted octanol–water partition coefficient (Wildman–Crippen LogP) is 3.07. The van der Waals surface area contributed by atoms with Crippen LogP contribution in [-0.4, -0.2) is 72.4 Å². The molecule has 10 nitrogen and oxygen atoms in total. The molecule has 2 aromatic heterocycles. The van der Waals surface area contributed by atoms with E-state index in [4.69, 9.17) is 4.74 Å². The lowest BCUT2D eigenvalue weighted by Gasteiger charge is -2.33. The number of carbonyl (C=O) groups excluding carboxylic acids is 1. The second-order valence-corrected chi connectivity index (χ2v) is 18.1.